The van der Waals surface area contributed by atoms with Crippen molar-refractivity contribution in [1.29, 1.82) is 0 Å². The van der Waals surface area contributed by atoms with Gasteiger partial charge in [0.1, 0.15) is 11.2 Å². The normalized spacial score (nSPS) is 14.1. The molecule has 0 radical (unpaired) electrons. The van der Waals surface area contributed by atoms with Gasteiger partial charge in [-0.3, -0.25) is 0 Å². The van der Waals surface area contributed by atoms with Gasteiger partial charge in [0.05, 0.1) is 6.04 Å². The summed E-state index contributed by atoms with van der Waals surface area (Å²) in [6, 6.07) is 67.7. The molecule has 1 heterocycles. The summed E-state index contributed by atoms with van der Waals surface area (Å²) >= 11 is 0. The van der Waals surface area contributed by atoms with Gasteiger partial charge in [-0.05, 0) is 92.5 Å². The zero-order valence-electron chi connectivity index (χ0n) is 29.8. The van der Waals surface area contributed by atoms with E-state index >= 15 is 0 Å². The van der Waals surface area contributed by atoms with Crippen molar-refractivity contribution in [3.63, 3.8) is 0 Å². The monoisotopic (exact) mass is 691 g/mol. The third-order valence-corrected chi connectivity index (χ3v) is 10.8. The van der Waals surface area contributed by atoms with Gasteiger partial charge in [0.25, 0.3) is 0 Å². The van der Waals surface area contributed by atoms with Crippen LogP contribution in [-0.4, -0.2) is 6.04 Å². The van der Waals surface area contributed by atoms with Gasteiger partial charge in [0, 0.05) is 27.7 Å². The molecule has 10 rings (SSSR count). The maximum Gasteiger partial charge on any atom is 0.143 e. The minimum Gasteiger partial charge on any atom is -0.455 e. The third kappa shape index (κ3) is 5.88. The summed E-state index contributed by atoms with van der Waals surface area (Å²) in [5.41, 5.74) is 13.7. The van der Waals surface area contributed by atoms with Crippen molar-refractivity contribution in [2.24, 2.45) is 0 Å². The molecule has 2 nitrogen and oxygen atoms in total. The number of fused-ring (bicyclic) bond motifs is 4. The topological polar surface area (TPSA) is 16.4 Å². The molecule has 1 aromatic heterocycles. The lowest BCUT2D eigenvalue weighted by molar-refractivity contribution is 0.670. The number of para-hydroxylation sites is 2. The Morgan fingerprint density at radius 1 is 0.444 bits per heavy atom. The predicted molar refractivity (Wildman–Crippen MR) is 228 cm³/mol. The zero-order valence-corrected chi connectivity index (χ0v) is 29.8. The van der Waals surface area contributed by atoms with E-state index in [0.29, 0.717) is 0 Å². The second-order valence-electron chi connectivity index (χ2n) is 14.1. The number of nitrogens with zero attached hydrogens (tertiary/aromatic N) is 1. The number of hydrogen-bond acceptors (Lipinski definition) is 2. The maximum absolute atomic E-state index is 6.40. The Kier molecular flexibility index (Phi) is 8.00. The molecule has 8 aromatic carbocycles. The molecule has 1 aliphatic carbocycles. The number of anilines is 2. The van der Waals surface area contributed by atoms with Crippen molar-refractivity contribution < 1.29 is 4.42 Å². The van der Waals surface area contributed by atoms with Crippen LogP contribution < -0.4 is 4.90 Å². The van der Waals surface area contributed by atoms with E-state index in [2.05, 4.69) is 199 Å². The fourth-order valence-corrected chi connectivity index (χ4v) is 8.01. The fraction of sp³-hybridized carbons (Fsp3) is 0.0385. The Morgan fingerprint density at radius 3 is 1.80 bits per heavy atom. The first kappa shape index (κ1) is 31.8. The van der Waals surface area contributed by atoms with Gasteiger partial charge in [-0.25, -0.2) is 0 Å². The van der Waals surface area contributed by atoms with Crippen LogP contribution in [0.3, 0.4) is 0 Å². The van der Waals surface area contributed by atoms with Crippen LogP contribution in [0.4, 0.5) is 11.4 Å². The lowest BCUT2D eigenvalue weighted by Crippen LogP contribution is -2.30. The van der Waals surface area contributed by atoms with E-state index in [1.807, 2.05) is 12.1 Å². The minimum atomic E-state index is 0.141. The van der Waals surface area contributed by atoms with E-state index in [4.69, 9.17) is 4.42 Å². The first-order valence-corrected chi connectivity index (χ1v) is 18.7. The SMILES string of the molecule is C1=CC(c2ccccc2)=CC(N(c2ccc(-c3ccc(-c4ccc5ccccc5c4)cc3)cc2)c2ccc(-c3cccc4c3oc3ccccc34)cc2)C1. The standard InChI is InChI=1S/C52H37NO/c1-2-10-36(11-3-1)43-14-8-15-47(35-43)53(46-32-28-41(29-33-46)48-17-9-18-50-49-16-6-7-19-51(49)54-52(48)50)45-30-26-39(27-31-45)38-20-22-40(23-21-38)44-25-24-37-12-4-5-13-42(37)34-44/h1-14,16-35,47H,15H2. The zero-order chi connectivity index (χ0) is 35.8. The van der Waals surface area contributed by atoms with Gasteiger partial charge in [-0.2, -0.15) is 0 Å². The van der Waals surface area contributed by atoms with E-state index in [1.54, 1.807) is 0 Å². The number of hydrogen-bond donors (Lipinski definition) is 0. The highest BCUT2D eigenvalue weighted by molar-refractivity contribution is 6.09. The van der Waals surface area contributed by atoms with Crippen molar-refractivity contribution >= 4 is 49.7 Å². The summed E-state index contributed by atoms with van der Waals surface area (Å²) in [5, 5.41) is 4.81. The molecule has 0 aliphatic heterocycles. The second-order valence-corrected chi connectivity index (χ2v) is 14.1. The van der Waals surface area contributed by atoms with Crippen molar-refractivity contribution in [1.82, 2.24) is 0 Å². The van der Waals surface area contributed by atoms with Gasteiger partial charge in [0.15, 0.2) is 0 Å². The summed E-state index contributed by atoms with van der Waals surface area (Å²) in [7, 11) is 0. The van der Waals surface area contributed by atoms with Gasteiger partial charge in [-0.15, -0.1) is 0 Å². The molecule has 0 spiro atoms. The lowest BCUT2D eigenvalue weighted by Gasteiger charge is -2.34. The predicted octanol–water partition coefficient (Wildman–Crippen LogP) is 14.3. The minimum absolute atomic E-state index is 0.141. The van der Waals surface area contributed by atoms with Gasteiger partial charge >= 0.3 is 0 Å². The first-order valence-electron chi connectivity index (χ1n) is 18.7. The van der Waals surface area contributed by atoms with Crippen LogP contribution in [-0.2, 0) is 0 Å². The molecule has 2 heteroatoms. The summed E-state index contributed by atoms with van der Waals surface area (Å²) in [4.78, 5) is 2.48. The molecule has 256 valence electrons. The first-order chi connectivity index (χ1) is 26.7. The molecular weight excluding hydrogens is 655 g/mol. The summed E-state index contributed by atoms with van der Waals surface area (Å²) in [6.45, 7) is 0. The summed E-state index contributed by atoms with van der Waals surface area (Å²) < 4.78 is 6.40. The smallest absolute Gasteiger partial charge is 0.143 e. The average Bonchev–Trinajstić information content (AvgIpc) is 3.64. The van der Waals surface area contributed by atoms with Crippen LogP contribution >= 0.6 is 0 Å². The highest BCUT2D eigenvalue weighted by Crippen LogP contribution is 2.39. The summed E-state index contributed by atoms with van der Waals surface area (Å²) in [6.07, 6.45) is 7.89. The van der Waals surface area contributed by atoms with E-state index in [9.17, 15) is 0 Å². The number of rotatable bonds is 7. The lowest BCUT2D eigenvalue weighted by atomic mass is 9.94. The Bertz CT molecular complexity index is 2820. The molecule has 0 bridgehead atoms. The molecule has 9 aromatic rings. The number of furan rings is 1. The van der Waals surface area contributed by atoms with Gasteiger partial charge in [-0.1, -0.05) is 170 Å². The molecule has 0 amide bonds. The third-order valence-electron chi connectivity index (χ3n) is 10.8. The van der Waals surface area contributed by atoms with E-state index in [-0.39, 0.29) is 6.04 Å². The largest absolute Gasteiger partial charge is 0.455 e. The van der Waals surface area contributed by atoms with E-state index < -0.39 is 0 Å². The molecule has 0 saturated carbocycles. The molecule has 0 fully saturated rings. The van der Waals surface area contributed by atoms with Gasteiger partial charge < -0.3 is 9.32 Å². The van der Waals surface area contributed by atoms with Crippen LogP contribution in [0, 0.1) is 0 Å². The molecule has 54 heavy (non-hydrogen) atoms. The van der Waals surface area contributed by atoms with Crippen molar-refractivity contribution in [3.05, 3.63) is 212 Å². The Labute approximate surface area is 315 Å². The maximum atomic E-state index is 6.40. The molecule has 1 atom stereocenters. The quantitative estimate of drug-likeness (QED) is 0.165. The van der Waals surface area contributed by atoms with Crippen molar-refractivity contribution in [2.75, 3.05) is 4.90 Å². The molecule has 0 saturated heterocycles. The fourth-order valence-electron chi connectivity index (χ4n) is 8.01. The highest BCUT2D eigenvalue weighted by atomic mass is 16.3. The molecule has 0 N–H and O–H groups in total. The Hall–Kier alpha value is -6.90. The molecule has 1 aliphatic rings. The Balaban J connectivity index is 0.990. The van der Waals surface area contributed by atoms with E-state index in [0.717, 1.165) is 50.9 Å². The van der Waals surface area contributed by atoms with E-state index in [1.165, 1.54) is 44.2 Å². The summed E-state index contributed by atoms with van der Waals surface area (Å²) in [5.74, 6) is 0. The van der Waals surface area contributed by atoms with Crippen LogP contribution in [0.2, 0.25) is 0 Å². The van der Waals surface area contributed by atoms with Crippen molar-refractivity contribution in [2.45, 2.75) is 12.5 Å². The molecule has 1 unspecified atom stereocenters. The molecular formula is C52H37NO. The average molecular weight is 692 g/mol. The number of benzene rings is 8. The van der Waals surface area contributed by atoms with Gasteiger partial charge in [0.2, 0.25) is 0 Å². The van der Waals surface area contributed by atoms with Crippen LogP contribution in [0.25, 0.3) is 71.7 Å². The Morgan fingerprint density at radius 2 is 1.04 bits per heavy atom. The van der Waals surface area contributed by atoms with Crippen LogP contribution in [0.5, 0.6) is 0 Å². The number of allylic oxidation sites excluding steroid dienone is 2. The highest BCUT2D eigenvalue weighted by Gasteiger charge is 2.22. The second kappa shape index (κ2) is 13.6. The van der Waals surface area contributed by atoms with Crippen LogP contribution in [0.15, 0.2) is 211 Å². The van der Waals surface area contributed by atoms with Crippen molar-refractivity contribution in [3.8, 4) is 33.4 Å². The van der Waals surface area contributed by atoms with Crippen LogP contribution in [0.1, 0.15) is 12.0 Å².